The Hall–Kier alpha value is -1.64. The van der Waals surface area contributed by atoms with Crippen molar-refractivity contribution in [3.05, 3.63) is 29.2 Å². The Morgan fingerprint density at radius 2 is 2.19 bits per heavy atom. The van der Waals surface area contributed by atoms with Crippen LogP contribution >= 0.6 is 0 Å². The van der Waals surface area contributed by atoms with E-state index < -0.39 is 0 Å². The van der Waals surface area contributed by atoms with Crippen LogP contribution in [0.1, 0.15) is 0 Å². The number of hydrogen-bond donors (Lipinski definition) is 0. The van der Waals surface area contributed by atoms with E-state index in [1.165, 1.54) is 0 Å². The van der Waals surface area contributed by atoms with E-state index in [0.29, 0.717) is 18.8 Å². The van der Waals surface area contributed by atoms with Gasteiger partial charge in [-0.3, -0.25) is 0 Å². The first kappa shape index (κ1) is 10.9. The van der Waals surface area contributed by atoms with Crippen LogP contribution in [0.3, 0.4) is 0 Å². The summed E-state index contributed by atoms with van der Waals surface area (Å²) in [5.74, 6) is 0. The standard InChI is InChI=1S/C11H14N3O2/c1-15-11-8-14(6-7-16-11)10-4-2-9(13-12)3-5-10/h2-5,11H,6-8H2,1H3/q+1. The fourth-order valence-corrected chi connectivity index (χ4v) is 1.73. The van der Waals surface area contributed by atoms with Crippen LogP contribution in [0.5, 0.6) is 0 Å². The molecule has 1 aromatic rings. The maximum absolute atomic E-state index is 8.59. The first-order valence-electron chi connectivity index (χ1n) is 5.18. The highest BCUT2D eigenvalue weighted by atomic mass is 16.7. The molecule has 5 heteroatoms. The van der Waals surface area contributed by atoms with Crippen molar-refractivity contribution >= 4 is 11.4 Å². The lowest BCUT2D eigenvalue weighted by Crippen LogP contribution is -2.43. The van der Waals surface area contributed by atoms with E-state index in [-0.39, 0.29) is 6.29 Å². The average Bonchev–Trinajstić information content (AvgIpc) is 2.39. The Kier molecular flexibility index (Phi) is 3.34. The van der Waals surface area contributed by atoms with Gasteiger partial charge in [-0.2, -0.15) is 0 Å². The van der Waals surface area contributed by atoms with E-state index in [4.69, 9.17) is 14.9 Å². The van der Waals surface area contributed by atoms with Crippen LogP contribution in [-0.2, 0) is 9.47 Å². The number of rotatable bonds is 2. The highest BCUT2D eigenvalue weighted by Gasteiger charge is 2.20. The minimum atomic E-state index is -0.170. The van der Waals surface area contributed by atoms with Gasteiger partial charge in [-0.25, -0.2) is 0 Å². The molecule has 0 aromatic heterocycles. The van der Waals surface area contributed by atoms with Gasteiger partial charge in [0.05, 0.1) is 13.2 Å². The van der Waals surface area contributed by atoms with Crippen LogP contribution in [-0.4, -0.2) is 33.1 Å². The Morgan fingerprint density at radius 3 is 2.81 bits per heavy atom. The number of benzene rings is 1. The van der Waals surface area contributed by atoms with Crippen molar-refractivity contribution in [2.45, 2.75) is 6.29 Å². The topological polar surface area (TPSA) is 49.9 Å². The van der Waals surface area contributed by atoms with E-state index >= 15 is 0 Å². The zero-order valence-corrected chi connectivity index (χ0v) is 9.17. The molecule has 1 aliphatic rings. The second-order valence-corrected chi connectivity index (χ2v) is 3.60. The number of diazo groups is 1. The fraction of sp³-hybridized carbons (Fsp3) is 0.455. The van der Waals surface area contributed by atoms with Gasteiger partial charge in [0, 0.05) is 31.5 Å². The van der Waals surface area contributed by atoms with Gasteiger partial charge in [0.25, 0.3) is 0 Å². The molecule has 2 rings (SSSR count). The van der Waals surface area contributed by atoms with E-state index in [1.54, 1.807) is 19.2 Å². The van der Waals surface area contributed by atoms with Crippen LogP contribution < -0.4 is 4.90 Å². The van der Waals surface area contributed by atoms with Crippen molar-refractivity contribution in [1.82, 2.24) is 0 Å². The van der Waals surface area contributed by atoms with Gasteiger partial charge < -0.3 is 14.4 Å². The van der Waals surface area contributed by atoms with E-state index in [2.05, 4.69) is 9.88 Å². The normalized spacial score (nSPS) is 20.5. The third kappa shape index (κ3) is 2.30. The molecule has 1 aromatic carbocycles. The number of ether oxygens (including phenoxy) is 2. The molecule has 0 amide bonds. The lowest BCUT2D eigenvalue weighted by atomic mass is 10.2. The van der Waals surface area contributed by atoms with Crippen LogP contribution in [0.4, 0.5) is 11.4 Å². The van der Waals surface area contributed by atoms with Crippen molar-refractivity contribution in [3.63, 3.8) is 0 Å². The maximum Gasteiger partial charge on any atom is 0.385 e. The largest absolute Gasteiger partial charge is 0.385 e. The Labute approximate surface area is 94.2 Å². The number of methoxy groups -OCH3 is 1. The molecule has 5 nitrogen and oxygen atoms in total. The summed E-state index contributed by atoms with van der Waals surface area (Å²) in [5.41, 5.74) is 1.64. The van der Waals surface area contributed by atoms with Crippen molar-refractivity contribution in [3.8, 4) is 0 Å². The fourth-order valence-electron chi connectivity index (χ4n) is 1.73. The van der Waals surface area contributed by atoms with Crippen molar-refractivity contribution < 1.29 is 9.47 Å². The van der Waals surface area contributed by atoms with Crippen molar-refractivity contribution in [1.29, 1.82) is 5.39 Å². The van der Waals surface area contributed by atoms with E-state index in [1.807, 2.05) is 12.1 Å². The van der Waals surface area contributed by atoms with Crippen LogP contribution in [0, 0.1) is 5.39 Å². The summed E-state index contributed by atoms with van der Waals surface area (Å²) in [6.45, 7) is 2.21. The molecule has 1 aliphatic heterocycles. The summed E-state index contributed by atoms with van der Waals surface area (Å²) in [6, 6.07) is 7.39. The van der Waals surface area contributed by atoms with Gasteiger partial charge in [-0.05, 0) is 12.1 Å². The van der Waals surface area contributed by atoms with Gasteiger partial charge in [0.1, 0.15) is 0 Å². The summed E-state index contributed by atoms with van der Waals surface area (Å²) < 4.78 is 10.6. The zero-order chi connectivity index (χ0) is 11.4. The summed E-state index contributed by atoms with van der Waals surface area (Å²) in [6.07, 6.45) is -0.170. The Morgan fingerprint density at radius 1 is 1.44 bits per heavy atom. The van der Waals surface area contributed by atoms with Gasteiger partial charge >= 0.3 is 5.69 Å². The molecule has 0 saturated carbocycles. The van der Waals surface area contributed by atoms with Gasteiger partial charge in [0.2, 0.25) is 5.39 Å². The predicted molar refractivity (Wildman–Crippen MR) is 60.1 cm³/mol. The number of morpholine rings is 1. The van der Waals surface area contributed by atoms with Crippen molar-refractivity contribution in [2.24, 2.45) is 0 Å². The van der Waals surface area contributed by atoms with Crippen LogP contribution in [0.2, 0.25) is 0 Å². The van der Waals surface area contributed by atoms with E-state index in [9.17, 15) is 0 Å². The second kappa shape index (κ2) is 4.92. The molecule has 1 unspecified atom stereocenters. The quantitative estimate of drug-likeness (QED) is 0.715. The third-order valence-electron chi connectivity index (χ3n) is 2.63. The van der Waals surface area contributed by atoms with Gasteiger partial charge in [-0.1, -0.05) is 0 Å². The molecule has 1 heterocycles. The molecule has 0 spiro atoms. The summed E-state index contributed by atoms with van der Waals surface area (Å²) in [7, 11) is 1.64. The molecule has 0 radical (unpaired) electrons. The first-order chi connectivity index (χ1) is 7.83. The first-order valence-corrected chi connectivity index (χ1v) is 5.18. The number of anilines is 1. The van der Waals surface area contributed by atoms with Gasteiger partial charge in [-0.15, -0.1) is 0 Å². The molecule has 1 atom stereocenters. The summed E-state index contributed by atoms with van der Waals surface area (Å²) in [4.78, 5) is 5.30. The molecule has 16 heavy (non-hydrogen) atoms. The molecule has 0 N–H and O–H groups in total. The van der Waals surface area contributed by atoms with E-state index in [0.717, 1.165) is 12.2 Å². The maximum atomic E-state index is 8.59. The molecule has 0 bridgehead atoms. The molecule has 0 aliphatic carbocycles. The lowest BCUT2D eigenvalue weighted by molar-refractivity contribution is -0.128. The molecule has 1 saturated heterocycles. The minimum Gasteiger partial charge on any atom is -0.364 e. The number of nitrogens with zero attached hydrogens (tertiary/aromatic N) is 3. The molecule has 84 valence electrons. The molecule has 1 fully saturated rings. The van der Waals surface area contributed by atoms with Crippen molar-refractivity contribution in [2.75, 3.05) is 31.7 Å². The molecular formula is C11H14N3O2+. The average molecular weight is 220 g/mol. The summed E-state index contributed by atoms with van der Waals surface area (Å²) >= 11 is 0. The third-order valence-corrected chi connectivity index (χ3v) is 2.63. The SMILES string of the molecule is COC1CN(c2ccc([N+]#N)cc2)CCO1. The second-order valence-electron chi connectivity index (χ2n) is 3.60. The smallest absolute Gasteiger partial charge is 0.364 e. The minimum absolute atomic E-state index is 0.170. The highest BCUT2D eigenvalue weighted by Crippen LogP contribution is 2.21. The predicted octanol–water partition coefficient (Wildman–Crippen LogP) is 1.98. The lowest BCUT2D eigenvalue weighted by Gasteiger charge is -2.33. The number of hydrogen-bond acceptors (Lipinski definition) is 4. The van der Waals surface area contributed by atoms with Crippen LogP contribution in [0.15, 0.2) is 24.3 Å². The zero-order valence-electron chi connectivity index (χ0n) is 9.17. The van der Waals surface area contributed by atoms with Gasteiger partial charge in [0.15, 0.2) is 11.3 Å². The van der Waals surface area contributed by atoms with Crippen LogP contribution in [0.25, 0.3) is 4.98 Å². The monoisotopic (exact) mass is 220 g/mol. The molecular weight excluding hydrogens is 206 g/mol. The Bertz CT molecular complexity index is 385. The summed E-state index contributed by atoms with van der Waals surface area (Å²) in [5, 5.41) is 8.59. The highest BCUT2D eigenvalue weighted by molar-refractivity contribution is 5.55. The Balaban J connectivity index is 2.08.